The van der Waals surface area contributed by atoms with Gasteiger partial charge >= 0.3 is 0 Å². The van der Waals surface area contributed by atoms with E-state index in [1.165, 1.54) is 16.8 Å². The molecule has 0 N–H and O–H groups in total. The van der Waals surface area contributed by atoms with Crippen LogP contribution in [0.25, 0.3) is 0 Å². The SMILES string of the molecule is CSC(=S)N(C)N(C(=O)c1ccc(C#N)cc1)c1ccc(C#N)cc1. The fourth-order valence-corrected chi connectivity index (χ4v) is 2.55. The van der Waals surface area contributed by atoms with E-state index in [2.05, 4.69) is 6.07 Å². The minimum Gasteiger partial charge on any atom is -0.267 e. The van der Waals surface area contributed by atoms with Gasteiger partial charge in [-0.2, -0.15) is 10.5 Å². The Balaban J connectivity index is 2.45. The van der Waals surface area contributed by atoms with E-state index in [9.17, 15) is 4.79 Å². The Bertz CT molecular complexity index is 864. The van der Waals surface area contributed by atoms with Crippen LogP contribution in [0.5, 0.6) is 0 Å². The second-order valence-corrected chi connectivity index (χ2v) is 6.40. The van der Waals surface area contributed by atoms with E-state index in [0.717, 1.165) is 0 Å². The molecule has 0 unspecified atom stereocenters. The zero-order valence-corrected chi connectivity index (χ0v) is 15.3. The molecular weight excluding hydrogens is 352 g/mol. The minimum atomic E-state index is -0.284. The summed E-state index contributed by atoms with van der Waals surface area (Å²) in [6.45, 7) is 0. The molecular formula is C18H14N4OS2. The summed E-state index contributed by atoms with van der Waals surface area (Å²) < 4.78 is 0.520. The molecule has 5 nitrogen and oxygen atoms in total. The maximum absolute atomic E-state index is 13.0. The lowest BCUT2D eigenvalue weighted by Crippen LogP contribution is -2.46. The zero-order chi connectivity index (χ0) is 18.4. The maximum Gasteiger partial charge on any atom is 0.277 e. The van der Waals surface area contributed by atoms with E-state index in [1.54, 1.807) is 60.6 Å². The number of rotatable bonds is 2. The second-order valence-electron chi connectivity index (χ2n) is 4.96. The molecule has 0 radical (unpaired) electrons. The lowest BCUT2D eigenvalue weighted by Gasteiger charge is -2.33. The quantitative estimate of drug-likeness (QED) is 0.598. The van der Waals surface area contributed by atoms with E-state index < -0.39 is 0 Å². The van der Waals surface area contributed by atoms with E-state index in [1.807, 2.05) is 12.3 Å². The van der Waals surface area contributed by atoms with Crippen LogP contribution in [0, 0.1) is 22.7 Å². The van der Waals surface area contributed by atoms with Gasteiger partial charge in [0.2, 0.25) is 0 Å². The van der Waals surface area contributed by atoms with Gasteiger partial charge in [0.05, 0.1) is 29.0 Å². The Hall–Kier alpha value is -2.87. The number of hydrogen-bond donors (Lipinski definition) is 0. The number of hydrazine groups is 1. The van der Waals surface area contributed by atoms with Crippen molar-refractivity contribution in [2.24, 2.45) is 0 Å². The van der Waals surface area contributed by atoms with Gasteiger partial charge in [-0.25, -0.2) is 5.01 Å². The highest BCUT2D eigenvalue weighted by molar-refractivity contribution is 8.22. The van der Waals surface area contributed by atoms with Gasteiger partial charge in [0, 0.05) is 12.6 Å². The van der Waals surface area contributed by atoms with Crippen LogP contribution in [0.4, 0.5) is 5.69 Å². The summed E-state index contributed by atoms with van der Waals surface area (Å²) in [6.07, 6.45) is 1.84. The number of hydrogen-bond acceptors (Lipinski definition) is 5. The molecule has 124 valence electrons. The third-order valence-electron chi connectivity index (χ3n) is 3.43. The highest BCUT2D eigenvalue weighted by Crippen LogP contribution is 2.22. The first-order valence-corrected chi connectivity index (χ1v) is 8.81. The zero-order valence-electron chi connectivity index (χ0n) is 13.6. The predicted molar refractivity (Wildman–Crippen MR) is 103 cm³/mol. The van der Waals surface area contributed by atoms with Gasteiger partial charge in [0.25, 0.3) is 5.91 Å². The molecule has 0 saturated carbocycles. The molecule has 2 aromatic carbocycles. The normalized spacial score (nSPS) is 9.60. The van der Waals surface area contributed by atoms with Crippen LogP contribution in [0.1, 0.15) is 21.5 Å². The average molecular weight is 366 g/mol. The molecule has 1 amide bonds. The predicted octanol–water partition coefficient (Wildman–Crippen LogP) is 3.57. The molecule has 25 heavy (non-hydrogen) atoms. The van der Waals surface area contributed by atoms with E-state index >= 15 is 0 Å². The molecule has 0 aromatic heterocycles. The Morgan fingerprint density at radius 2 is 1.48 bits per heavy atom. The van der Waals surface area contributed by atoms with Crippen molar-refractivity contribution >= 4 is 39.9 Å². The van der Waals surface area contributed by atoms with Gasteiger partial charge in [-0.05, 0) is 54.8 Å². The fraction of sp³-hybridized carbons (Fsp3) is 0.111. The topological polar surface area (TPSA) is 71.1 Å². The van der Waals surface area contributed by atoms with Gasteiger partial charge in [0.1, 0.15) is 0 Å². The molecule has 0 aliphatic heterocycles. The van der Waals surface area contributed by atoms with Crippen molar-refractivity contribution in [3.8, 4) is 12.1 Å². The van der Waals surface area contributed by atoms with Crippen LogP contribution in [-0.4, -0.2) is 28.5 Å². The number of amides is 1. The molecule has 2 aromatic rings. The van der Waals surface area contributed by atoms with Gasteiger partial charge in [-0.15, -0.1) is 0 Å². The standard InChI is InChI=1S/C18H14N4OS2/c1-21(18(24)25-2)22(16-9-5-14(12-20)6-10-16)17(23)15-7-3-13(11-19)4-8-15/h3-10H,1-2H3. The summed E-state index contributed by atoms with van der Waals surface area (Å²) in [7, 11) is 1.71. The summed E-state index contributed by atoms with van der Waals surface area (Å²) >= 11 is 6.66. The smallest absolute Gasteiger partial charge is 0.267 e. The number of carbonyl (C=O) groups excluding carboxylic acids is 1. The lowest BCUT2D eigenvalue weighted by molar-refractivity contribution is 0.0949. The highest BCUT2D eigenvalue weighted by Gasteiger charge is 2.24. The lowest BCUT2D eigenvalue weighted by atomic mass is 10.1. The molecule has 0 fully saturated rings. The van der Waals surface area contributed by atoms with Crippen LogP contribution >= 0.6 is 24.0 Å². The van der Waals surface area contributed by atoms with Crippen LogP contribution in [0.3, 0.4) is 0 Å². The molecule has 0 atom stereocenters. The van der Waals surface area contributed by atoms with E-state index in [4.69, 9.17) is 22.7 Å². The van der Waals surface area contributed by atoms with Crippen molar-refractivity contribution in [2.45, 2.75) is 0 Å². The molecule has 0 saturated heterocycles. The number of thioether (sulfide) groups is 1. The van der Waals surface area contributed by atoms with Crippen molar-refractivity contribution in [1.29, 1.82) is 10.5 Å². The molecule has 7 heteroatoms. The number of anilines is 1. The fourth-order valence-electron chi connectivity index (χ4n) is 2.13. The number of thiocarbonyl (C=S) groups is 1. The monoisotopic (exact) mass is 366 g/mol. The molecule has 0 heterocycles. The van der Waals surface area contributed by atoms with Crippen molar-refractivity contribution in [2.75, 3.05) is 18.3 Å². The first-order valence-electron chi connectivity index (χ1n) is 7.18. The van der Waals surface area contributed by atoms with Crippen LogP contribution in [-0.2, 0) is 0 Å². The van der Waals surface area contributed by atoms with Crippen molar-refractivity contribution in [1.82, 2.24) is 5.01 Å². The number of carbonyl (C=O) groups is 1. The summed E-state index contributed by atoms with van der Waals surface area (Å²) in [6, 6.07) is 17.2. The highest BCUT2D eigenvalue weighted by atomic mass is 32.2. The summed E-state index contributed by atoms with van der Waals surface area (Å²) in [5, 5.41) is 20.9. The Morgan fingerprint density at radius 3 is 1.92 bits per heavy atom. The molecule has 0 aliphatic carbocycles. The summed E-state index contributed by atoms with van der Waals surface area (Å²) in [5.41, 5.74) is 2.01. The largest absolute Gasteiger partial charge is 0.277 e. The third-order valence-corrected chi connectivity index (χ3v) is 4.81. The van der Waals surface area contributed by atoms with Crippen LogP contribution < -0.4 is 5.01 Å². The first-order chi connectivity index (χ1) is 12.0. The number of benzene rings is 2. The first kappa shape index (κ1) is 18.5. The van der Waals surface area contributed by atoms with Crippen molar-refractivity contribution < 1.29 is 4.79 Å². The van der Waals surface area contributed by atoms with Crippen LogP contribution in [0.2, 0.25) is 0 Å². The van der Waals surface area contributed by atoms with Crippen molar-refractivity contribution in [3.63, 3.8) is 0 Å². The molecule has 0 spiro atoms. The Labute approximate surface area is 156 Å². The summed E-state index contributed by atoms with van der Waals surface area (Å²) in [5.74, 6) is -0.284. The van der Waals surface area contributed by atoms with E-state index in [0.29, 0.717) is 26.7 Å². The van der Waals surface area contributed by atoms with Gasteiger partial charge < -0.3 is 0 Å². The second kappa shape index (κ2) is 8.29. The Kier molecular flexibility index (Phi) is 6.13. The van der Waals surface area contributed by atoms with Gasteiger partial charge in [-0.3, -0.25) is 9.80 Å². The molecule has 2 rings (SSSR count). The number of nitriles is 2. The summed E-state index contributed by atoms with van der Waals surface area (Å²) in [4.78, 5) is 13.0. The number of nitrogens with zero attached hydrogens (tertiary/aromatic N) is 4. The van der Waals surface area contributed by atoms with Gasteiger partial charge in [0.15, 0.2) is 4.32 Å². The minimum absolute atomic E-state index is 0.284. The van der Waals surface area contributed by atoms with Gasteiger partial charge in [-0.1, -0.05) is 24.0 Å². The average Bonchev–Trinajstić information content (AvgIpc) is 2.67. The Morgan fingerprint density at radius 1 is 1.00 bits per heavy atom. The molecule has 0 aliphatic rings. The third kappa shape index (κ3) is 4.16. The maximum atomic E-state index is 13.0. The van der Waals surface area contributed by atoms with E-state index in [-0.39, 0.29) is 5.91 Å². The molecule has 0 bridgehead atoms. The van der Waals surface area contributed by atoms with Crippen LogP contribution in [0.15, 0.2) is 48.5 Å². The van der Waals surface area contributed by atoms with Crippen molar-refractivity contribution in [3.05, 3.63) is 65.2 Å².